The van der Waals surface area contributed by atoms with Crippen molar-refractivity contribution in [1.29, 1.82) is 0 Å². The van der Waals surface area contributed by atoms with Gasteiger partial charge in [0.05, 0.1) is 10.6 Å². The highest BCUT2D eigenvalue weighted by molar-refractivity contribution is 7.92. The van der Waals surface area contributed by atoms with Gasteiger partial charge in [-0.2, -0.15) is 0 Å². The summed E-state index contributed by atoms with van der Waals surface area (Å²) >= 11 is 0. The Hall–Kier alpha value is -4.43. The Balaban J connectivity index is 1.83. The predicted octanol–water partition coefficient (Wildman–Crippen LogP) is 6.67. The molecule has 2 amide bonds. The lowest BCUT2D eigenvalue weighted by atomic mass is 10.0. The van der Waals surface area contributed by atoms with Crippen molar-refractivity contribution in [3.05, 3.63) is 130 Å². The Morgan fingerprint density at radius 3 is 2.07 bits per heavy atom. The van der Waals surface area contributed by atoms with E-state index >= 15 is 0 Å². The zero-order valence-corrected chi connectivity index (χ0v) is 28.5. The molecule has 0 heterocycles. The molecule has 4 aromatic rings. The maximum Gasteiger partial charge on any atom is 0.264 e. The van der Waals surface area contributed by atoms with E-state index < -0.39 is 28.5 Å². The lowest BCUT2D eigenvalue weighted by Gasteiger charge is -2.34. The molecule has 242 valence electrons. The molecule has 7 nitrogen and oxygen atoms in total. The molecule has 4 aromatic carbocycles. The van der Waals surface area contributed by atoms with Gasteiger partial charge >= 0.3 is 0 Å². The number of anilines is 1. The van der Waals surface area contributed by atoms with Gasteiger partial charge in [0, 0.05) is 19.0 Å². The third kappa shape index (κ3) is 8.63. The molecule has 0 spiro atoms. The van der Waals surface area contributed by atoms with Gasteiger partial charge in [0.15, 0.2) is 0 Å². The van der Waals surface area contributed by atoms with Gasteiger partial charge in [0.2, 0.25) is 11.8 Å². The van der Waals surface area contributed by atoms with Gasteiger partial charge < -0.3 is 10.2 Å². The molecule has 4 rings (SSSR count). The Bertz CT molecular complexity index is 1750. The smallest absolute Gasteiger partial charge is 0.264 e. The zero-order chi connectivity index (χ0) is 33.4. The number of sulfonamides is 1. The summed E-state index contributed by atoms with van der Waals surface area (Å²) in [5.41, 5.74) is 5.99. The zero-order valence-electron chi connectivity index (χ0n) is 27.7. The fourth-order valence-corrected chi connectivity index (χ4v) is 6.66. The first-order chi connectivity index (χ1) is 21.9. The minimum atomic E-state index is -4.15. The molecule has 0 aromatic heterocycles. The van der Waals surface area contributed by atoms with E-state index in [0.29, 0.717) is 5.69 Å². The van der Waals surface area contributed by atoms with E-state index in [2.05, 4.69) is 5.32 Å². The van der Waals surface area contributed by atoms with Crippen molar-refractivity contribution in [3.8, 4) is 0 Å². The first-order valence-electron chi connectivity index (χ1n) is 15.7. The van der Waals surface area contributed by atoms with Crippen molar-refractivity contribution in [2.24, 2.45) is 0 Å². The molecule has 0 aliphatic carbocycles. The second-order valence-electron chi connectivity index (χ2n) is 12.1. The number of hydrogen-bond acceptors (Lipinski definition) is 4. The van der Waals surface area contributed by atoms with Gasteiger partial charge in [-0.25, -0.2) is 8.42 Å². The maximum atomic E-state index is 14.6. The van der Waals surface area contributed by atoms with Crippen molar-refractivity contribution in [1.82, 2.24) is 10.2 Å². The van der Waals surface area contributed by atoms with Crippen LogP contribution in [0.4, 0.5) is 5.69 Å². The SMILES string of the molecule is CCC(C)NC(=O)C(Cc1ccccc1)N(Cc1cccc(C)c1)C(=O)CN(c1ccc(C)c(C)c1)S(=O)(=O)c1ccc(C)cc1. The molecule has 46 heavy (non-hydrogen) atoms. The second kappa shape index (κ2) is 15.2. The minimum Gasteiger partial charge on any atom is -0.352 e. The third-order valence-electron chi connectivity index (χ3n) is 8.37. The molecule has 0 aliphatic heterocycles. The van der Waals surface area contributed by atoms with E-state index in [-0.39, 0.29) is 29.8 Å². The van der Waals surface area contributed by atoms with E-state index in [1.807, 2.05) is 102 Å². The lowest BCUT2D eigenvalue weighted by Crippen LogP contribution is -2.54. The summed E-state index contributed by atoms with van der Waals surface area (Å²) < 4.78 is 29.7. The molecular formula is C38H45N3O4S. The average molecular weight is 640 g/mol. The number of aryl methyl sites for hydroxylation is 4. The van der Waals surface area contributed by atoms with Crippen LogP contribution >= 0.6 is 0 Å². The number of benzene rings is 4. The second-order valence-corrected chi connectivity index (χ2v) is 14.0. The molecule has 1 N–H and O–H groups in total. The van der Waals surface area contributed by atoms with Gasteiger partial charge in [0.1, 0.15) is 12.6 Å². The van der Waals surface area contributed by atoms with Crippen molar-refractivity contribution in [2.45, 2.75) is 77.9 Å². The summed E-state index contributed by atoms with van der Waals surface area (Å²) in [6.07, 6.45) is 1.000. The molecule has 0 saturated carbocycles. The molecule has 2 atom stereocenters. The molecular weight excluding hydrogens is 595 g/mol. The molecule has 0 fully saturated rings. The summed E-state index contributed by atoms with van der Waals surface area (Å²) in [5.74, 6) is -0.756. The van der Waals surface area contributed by atoms with Crippen molar-refractivity contribution < 1.29 is 18.0 Å². The first-order valence-corrected chi connectivity index (χ1v) is 17.2. The molecule has 8 heteroatoms. The number of nitrogens with zero attached hydrogens (tertiary/aromatic N) is 2. The van der Waals surface area contributed by atoms with Crippen LogP contribution in [-0.4, -0.2) is 43.8 Å². The van der Waals surface area contributed by atoms with E-state index in [1.54, 1.807) is 36.4 Å². The lowest BCUT2D eigenvalue weighted by molar-refractivity contribution is -0.140. The van der Waals surface area contributed by atoms with Gasteiger partial charge in [0.25, 0.3) is 10.0 Å². The van der Waals surface area contributed by atoms with Crippen LogP contribution in [0.15, 0.2) is 102 Å². The number of hydrogen-bond donors (Lipinski definition) is 1. The van der Waals surface area contributed by atoms with Gasteiger partial charge in [-0.15, -0.1) is 0 Å². The average Bonchev–Trinajstić information content (AvgIpc) is 3.03. The summed E-state index contributed by atoms with van der Waals surface area (Å²) in [5, 5.41) is 3.08. The van der Waals surface area contributed by atoms with Crippen LogP contribution in [0.1, 0.15) is 53.6 Å². The van der Waals surface area contributed by atoms with Gasteiger partial charge in [-0.05, 0) is 87.6 Å². The molecule has 0 saturated heterocycles. The Labute approximate surface area is 274 Å². The topological polar surface area (TPSA) is 86.8 Å². The highest BCUT2D eigenvalue weighted by Gasteiger charge is 2.35. The van der Waals surface area contributed by atoms with Crippen LogP contribution in [0.2, 0.25) is 0 Å². The number of carbonyl (C=O) groups is 2. The van der Waals surface area contributed by atoms with Crippen LogP contribution in [-0.2, 0) is 32.6 Å². The number of carbonyl (C=O) groups excluding carboxylic acids is 2. The van der Waals surface area contributed by atoms with E-state index in [1.165, 1.54) is 9.21 Å². The summed E-state index contributed by atoms with van der Waals surface area (Å²) in [4.78, 5) is 30.2. The normalized spacial score (nSPS) is 12.7. The summed E-state index contributed by atoms with van der Waals surface area (Å²) in [6, 6.07) is 28.4. The molecule has 0 bridgehead atoms. The summed E-state index contributed by atoms with van der Waals surface area (Å²) in [6.45, 7) is 11.3. The van der Waals surface area contributed by atoms with Crippen LogP contribution in [0.25, 0.3) is 0 Å². The van der Waals surface area contributed by atoms with Crippen molar-refractivity contribution in [3.63, 3.8) is 0 Å². The largest absolute Gasteiger partial charge is 0.352 e. The van der Waals surface area contributed by atoms with Crippen molar-refractivity contribution in [2.75, 3.05) is 10.8 Å². The third-order valence-corrected chi connectivity index (χ3v) is 10.2. The molecule has 0 aliphatic rings. The van der Waals surface area contributed by atoms with Gasteiger partial charge in [-0.3, -0.25) is 13.9 Å². The number of rotatable bonds is 13. The van der Waals surface area contributed by atoms with E-state index in [9.17, 15) is 18.0 Å². The highest BCUT2D eigenvalue weighted by atomic mass is 32.2. The van der Waals surface area contributed by atoms with E-state index in [4.69, 9.17) is 0 Å². The highest BCUT2D eigenvalue weighted by Crippen LogP contribution is 2.27. The number of nitrogens with one attached hydrogen (secondary N) is 1. The molecule has 2 unspecified atom stereocenters. The standard InChI is InChI=1S/C38H45N3O4S/c1-7-31(6)39-38(43)36(24-32-13-9-8-10-14-32)40(25-33-15-11-12-28(3)22-33)37(42)26-41(34-19-18-29(4)30(5)23-34)46(44,45)35-20-16-27(2)17-21-35/h8-23,31,36H,7,24-26H2,1-6H3,(H,39,43). The summed E-state index contributed by atoms with van der Waals surface area (Å²) in [7, 11) is -4.15. The fourth-order valence-electron chi connectivity index (χ4n) is 5.25. The minimum absolute atomic E-state index is 0.0877. The maximum absolute atomic E-state index is 14.6. The quantitative estimate of drug-likeness (QED) is 0.177. The van der Waals surface area contributed by atoms with Crippen LogP contribution < -0.4 is 9.62 Å². The fraction of sp³-hybridized carbons (Fsp3) is 0.316. The van der Waals surface area contributed by atoms with E-state index in [0.717, 1.165) is 39.8 Å². The van der Waals surface area contributed by atoms with Crippen LogP contribution in [0, 0.1) is 27.7 Å². The Morgan fingerprint density at radius 2 is 1.43 bits per heavy atom. The monoisotopic (exact) mass is 639 g/mol. The van der Waals surface area contributed by atoms with Crippen molar-refractivity contribution >= 4 is 27.5 Å². The predicted molar refractivity (Wildman–Crippen MR) is 185 cm³/mol. The van der Waals surface area contributed by atoms with Crippen LogP contribution in [0.3, 0.4) is 0 Å². The van der Waals surface area contributed by atoms with Gasteiger partial charge in [-0.1, -0.05) is 90.8 Å². The van der Waals surface area contributed by atoms with Crippen LogP contribution in [0.5, 0.6) is 0 Å². The number of amides is 2. The first kappa shape index (κ1) is 34.4. The Morgan fingerprint density at radius 1 is 0.761 bits per heavy atom. The molecule has 0 radical (unpaired) electrons. The Kier molecular flexibility index (Phi) is 11.4.